The van der Waals surface area contributed by atoms with Gasteiger partial charge in [-0.25, -0.2) is 0 Å². The number of carboxylic acid groups (broad SMARTS) is 1. The Kier molecular flexibility index (Phi) is 4.35. The first-order chi connectivity index (χ1) is 8.20. The van der Waals surface area contributed by atoms with E-state index in [1.807, 2.05) is 30.0 Å². The highest BCUT2D eigenvalue weighted by atomic mass is 35.5. The monoisotopic (exact) mass is 270 g/mol. The van der Waals surface area contributed by atoms with Gasteiger partial charge in [-0.3, -0.25) is 4.79 Å². The molecule has 1 aliphatic rings. The second-order valence-electron chi connectivity index (χ2n) is 4.29. The molecule has 0 spiro atoms. The highest BCUT2D eigenvalue weighted by molar-refractivity contribution is 7.99. The average Bonchev–Trinajstić information content (AvgIpc) is 2.33. The summed E-state index contributed by atoms with van der Waals surface area (Å²) < 4.78 is 0. The van der Waals surface area contributed by atoms with Crippen LogP contribution in [-0.4, -0.2) is 22.6 Å². The number of halogens is 1. The summed E-state index contributed by atoms with van der Waals surface area (Å²) in [6, 6.07) is 7.30. The molecule has 1 aliphatic heterocycles. The molecule has 1 N–H and O–H groups in total. The Bertz CT molecular complexity index is 402. The zero-order valence-electron chi connectivity index (χ0n) is 9.43. The number of carbonyl (C=O) groups is 1. The van der Waals surface area contributed by atoms with Crippen molar-refractivity contribution in [3.63, 3.8) is 0 Å². The minimum atomic E-state index is -0.755. The third-order valence-corrected chi connectivity index (χ3v) is 4.64. The van der Waals surface area contributed by atoms with E-state index in [0.717, 1.165) is 29.9 Å². The van der Waals surface area contributed by atoms with Crippen LogP contribution < -0.4 is 0 Å². The van der Waals surface area contributed by atoms with E-state index in [1.165, 1.54) is 0 Å². The van der Waals surface area contributed by atoms with Crippen molar-refractivity contribution in [1.29, 1.82) is 0 Å². The lowest BCUT2D eigenvalue weighted by Crippen LogP contribution is -2.25. The highest BCUT2D eigenvalue weighted by Crippen LogP contribution is 2.37. The summed E-state index contributed by atoms with van der Waals surface area (Å²) in [7, 11) is 0. The van der Waals surface area contributed by atoms with Gasteiger partial charge in [-0.1, -0.05) is 29.8 Å². The first kappa shape index (κ1) is 12.8. The molecule has 0 aliphatic carbocycles. The van der Waals surface area contributed by atoms with Crippen LogP contribution in [0.4, 0.5) is 0 Å². The SMILES string of the molecule is O=C(O)C(c1ccccc1Cl)C1CCSCC1. The fourth-order valence-electron chi connectivity index (χ4n) is 2.37. The second kappa shape index (κ2) is 5.78. The van der Waals surface area contributed by atoms with Gasteiger partial charge in [0, 0.05) is 5.02 Å². The molecule has 1 fully saturated rings. The Morgan fingerprint density at radius 2 is 2.00 bits per heavy atom. The van der Waals surface area contributed by atoms with Gasteiger partial charge >= 0.3 is 5.97 Å². The van der Waals surface area contributed by atoms with Crippen molar-refractivity contribution < 1.29 is 9.90 Å². The Hall–Kier alpha value is -0.670. The minimum Gasteiger partial charge on any atom is -0.481 e. The summed E-state index contributed by atoms with van der Waals surface area (Å²) in [6.07, 6.45) is 1.93. The fraction of sp³-hybridized carbons (Fsp3) is 0.462. The molecule has 0 saturated carbocycles. The van der Waals surface area contributed by atoms with E-state index in [1.54, 1.807) is 6.07 Å². The number of rotatable bonds is 3. The molecule has 17 heavy (non-hydrogen) atoms. The molecule has 0 amide bonds. The maximum absolute atomic E-state index is 11.5. The summed E-state index contributed by atoms with van der Waals surface area (Å²) in [6.45, 7) is 0. The zero-order chi connectivity index (χ0) is 12.3. The predicted molar refractivity (Wildman–Crippen MR) is 71.9 cm³/mol. The first-order valence-corrected chi connectivity index (χ1v) is 7.28. The van der Waals surface area contributed by atoms with Gasteiger partial charge in [0.1, 0.15) is 0 Å². The van der Waals surface area contributed by atoms with Crippen molar-refractivity contribution in [1.82, 2.24) is 0 Å². The van der Waals surface area contributed by atoms with Crippen LogP contribution in [0.1, 0.15) is 24.3 Å². The fourth-order valence-corrected chi connectivity index (χ4v) is 3.76. The molecule has 92 valence electrons. The molecule has 4 heteroatoms. The molecule has 1 aromatic carbocycles. The van der Waals surface area contributed by atoms with Crippen LogP contribution >= 0.6 is 23.4 Å². The Morgan fingerprint density at radius 1 is 1.35 bits per heavy atom. The largest absolute Gasteiger partial charge is 0.481 e. The molecule has 0 aromatic heterocycles. The van der Waals surface area contributed by atoms with Crippen molar-refractivity contribution in [3.8, 4) is 0 Å². The smallest absolute Gasteiger partial charge is 0.311 e. The molecule has 2 rings (SSSR count). The van der Waals surface area contributed by atoms with Crippen molar-refractivity contribution >= 4 is 29.3 Å². The summed E-state index contributed by atoms with van der Waals surface area (Å²) in [4.78, 5) is 11.5. The summed E-state index contributed by atoms with van der Waals surface area (Å²) >= 11 is 8.01. The third kappa shape index (κ3) is 2.96. The van der Waals surface area contributed by atoms with Gasteiger partial charge < -0.3 is 5.11 Å². The number of thioether (sulfide) groups is 1. The summed E-state index contributed by atoms with van der Waals surface area (Å²) in [5, 5.41) is 10.0. The summed E-state index contributed by atoms with van der Waals surface area (Å²) in [5.74, 6) is 1.12. The molecule has 1 saturated heterocycles. The molecule has 2 nitrogen and oxygen atoms in total. The first-order valence-electron chi connectivity index (χ1n) is 5.75. The van der Waals surface area contributed by atoms with Crippen LogP contribution in [0.15, 0.2) is 24.3 Å². The van der Waals surface area contributed by atoms with E-state index in [-0.39, 0.29) is 5.92 Å². The van der Waals surface area contributed by atoms with Crippen molar-refractivity contribution in [2.75, 3.05) is 11.5 Å². The maximum atomic E-state index is 11.5. The van der Waals surface area contributed by atoms with Crippen LogP contribution in [0.5, 0.6) is 0 Å². The van der Waals surface area contributed by atoms with E-state index in [2.05, 4.69) is 0 Å². The quantitative estimate of drug-likeness (QED) is 0.911. The predicted octanol–water partition coefficient (Wildman–Crippen LogP) is 3.65. The summed E-state index contributed by atoms with van der Waals surface area (Å²) in [5.41, 5.74) is 0.763. The topological polar surface area (TPSA) is 37.3 Å². The lowest BCUT2D eigenvalue weighted by Gasteiger charge is -2.28. The van der Waals surface area contributed by atoms with E-state index in [0.29, 0.717) is 5.02 Å². The molecule has 0 bridgehead atoms. The number of hydrogen-bond acceptors (Lipinski definition) is 2. The Labute approximate surface area is 110 Å². The van der Waals surface area contributed by atoms with Gasteiger partial charge in [-0.2, -0.15) is 11.8 Å². The van der Waals surface area contributed by atoms with Gasteiger partial charge in [0.25, 0.3) is 0 Å². The number of hydrogen-bond donors (Lipinski definition) is 1. The van der Waals surface area contributed by atoms with Gasteiger partial charge in [-0.15, -0.1) is 0 Å². The van der Waals surface area contributed by atoms with Gasteiger partial charge in [-0.05, 0) is 41.9 Å². The van der Waals surface area contributed by atoms with Gasteiger partial charge in [0.2, 0.25) is 0 Å². The molecule has 0 radical (unpaired) electrons. The Balaban J connectivity index is 2.28. The van der Waals surface area contributed by atoms with E-state index >= 15 is 0 Å². The number of benzene rings is 1. The standard InChI is InChI=1S/C13H15ClO2S/c14-11-4-2-1-3-10(11)12(13(15)16)9-5-7-17-8-6-9/h1-4,9,12H,5-8H2,(H,15,16). The molecular formula is C13H15ClO2S. The molecular weight excluding hydrogens is 256 g/mol. The molecule has 1 aromatic rings. The second-order valence-corrected chi connectivity index (χ2v) is 5.92. The Morgan fingerprint density at radius 3 is 2.59 bits per heavy atom. The maximum Gasteiger partial charge on any atom is 0.311 e. The van der Waals surface area contributed by atoms with Crippen molar-refractivity contribution in [2.24, 2.45) is 5.92 Å². The van der Waals surface area contributed by atoms with Crippen molar-refractivity contribution in [2.45, 2.75) is 18.8 Å². The van der Waals surface area contributed by atoms with Crippen LogP contribution in [0.25, 0.3) is 0 Å². The van der Waals surface area contributed by atoms with Crippen molar-refractivity contribution in [3.05, 3.63) is 34.9 Å². The van der Waals surface area contributed by atoms with Gasteiger partial charge in [0.05, 0.1) is 5.92 Å². The average molecular weight is 271 g/mol. The third-order valence-electron chi connectivity index (χ3n) is 3.24. The zero-order valence-corrected chi connectivity index (χ0v) is 11.0. The van der Waals surface area contributed by atoms with E-state index < -0.39 is 11.9 Å². The van der Waals surface area contributed by atoms with Crippen LogP contribution in [0.2, 0.25) is 5.02 Å². The van der Waals surface area contributed by atoms with Crippen LogP contribution in [0, 0.1) is 5.92 Å². The number of carboxylic acids is 1. The normalized spacial score (nSPS) is 18.9. The molecule has 1 atom stereocenters. The lowest BCUT2D eigenvalue weighted by atomic mass is 9.82. The molecule has 1 heterocycles. The van der Waals surface area contributed by atoms with Gasteiger partial charge in [0.15, 0.2) is 0 Å². The van der Waals surface area contributed by atoms with E-state index in [9.17, 15) is 9.90 Å². The van der Waals surface area contributed by atoms with E-state index in [4.69, 9.17) is 11.6 Å². The lowest BCUT2D eigenvalue weighted by molar-refractivity contribution is -0.140. The highest BCUT2D eigenvalue weighted by Gasteiger charge is 2.32. The van der Waals surface area contributed by atoms with Crippen LogP contribution in [-0.2, 0) is 4.79 Å². The molecule has 1 unspecified atom stereocenters. The van der Waals surface area contributed by atoms with Crippen LogP contribution in [0.3, 0.4) is 0 Å². The minimum absolute atomic E-state index is 0.216. The number of aliphatic carboxylic acids is 1.